The van der Waals surface area contributed by atoms with Crippen LogP contribution in [0.1, 0.15) is 49.2 Å². The monoisotopic (exact) mass is 445 g/mol. The highest BCUT2D eigenvalue weighted by molar-refractivity contribution is 6.42. The van der Waals surface area contributed by atoms with Gasteiger partial charge in [0.05, 0.1) is 28.9 Å². The van der Waals surface area contributed by atoms with Crippen molar-refractivity contribution in [1.29, 1.82) is 0 Å². The van der Waals surface area contributed by atoms with Gasteiger partial charge in [0.15, 0.2) is 0 Å². The van der Waals surface area contributed by atoms with E-state index in [-0.39, 0.29) is 11.4 Å². The summed E-state index contributed by atoms with van der Waals surface area (Å²) in [6, 6.07) is 8.73. The zero-order valence-corrected chi connectivity index (χ0v) is 19.2. The lowest BCUT2D eigenvalue weighted by Crippen LogP contribution is -2.44. The van der Waals surface area contributed by atoms with Crippen molar-refractivity contribution in [1.82, 2.24) is 5.43 Å². The van der Waals surface area contributed by atoms with E-state index in [1.54, 1.807) is 25.5 Å². The number of nitrogens with one attached hydrogen (secondary N) is 1. The van der Waals surface area contributed by atoms with Gasteiger partial charge in [-0.05, 0) is 57.5 Å². The molecule has 1 N–H and O–H groups in total. The van der Waals surface area contributed by atoms with E-state index in [1.165, 1.54) is 11.6 Å². The molecular formula is C23H25Cl2N3O2. The number of ether oxygens (including phenoxy) is 1. The Morgan fingerprint density at radius 2 is 1.97 bits per heavy atom. The van der Waals surface area contributed by atoms with Gasteiger partial charge < -0.3 is 9.64 Å². The van der Waals surface area contributed by atoms with Crippen LogP contribution in [0, 0.1) is 0 Å². The lowest BCUT2D eigenvalue weighted by Gasteiger charge is -2.43. The standard InChI is InChI=1S/C23H25Cl2N3O2/c1-6-28-20-11-21(30-5)16(9-17(20)14(2)12-23(28,3)4)13-26-27-22(29)15-7-8-18(24)19(25)10-15/h7-13H,6H2,1-5H3,(H,27,29)/b26-13-. The number of carbonyl (C=O) groups is 1. The summed E-state index contributed by atoms with van der Waals surface area (Å²) in [5.74, 6) is 0.307. The molecule has 0 saturated carbocycles. The van der Waals surface area contributed by atoms with Crippen molar-refractivity contribution in [2.75, 3.05) is 18.6 Å². The second-order valence-electron chi connectivity index (χ2n) is 7.66. The number of fused-ring (bicyclic) bond motifs is 1. The molecule has 2 aromatic carbocycles. The fraction of sp³-hybridized carbons (Fsp3) is 0.304. The summed E-state index contributed by atoms with van der Waals surface area (Å²) in [6.45, 7) is 9.51. The summed E-state index contributed by atoms with van der Waals surface area (Å²) >= 11 is 11.9. The Morgan fingerprint density at radius 3 is 2.60 bits per heavy atom. The predicted molar refractivity (Wildman–Crippen MR) is 125 cm³/mol. The number of anilines is 1. The minimum Gasteiger partial charge on any atom is -0.496 e. The lowest BCUT2D eigenvalue weighted by molar-refractivity contribution is 0.0955. The van der Waals surface area contributed by atoms with Gasteiger partial charge in [0.25, 0.3) is 5.91 Å². The van der Waals surface area contributed by atoms with Gasteiger partial charge in [-0.1, -0.05) is 29.3 Å². The first-order valence-corrected chi connectivity index (χ1v) is 10.4. The second kappa shape index (κ2) is 8.70. The number of rotatable bonds is 5. The molecule has 7 heteroatoms. The Labute approximate surface area is 187 Å². The quantitative estimate of drug-likeness (QED) is 0.468. The van der Waals surface area contributed by atoms with Crippen molar-refractivity contribution in [3.05, 3.63) is 63.1 Å². The normalized spacial score (nSPS) is 15.0. The molecule has 158 valence electrons. The molecule has 0 spiro atoms. The predicted octanol–water partition coefficient (Wildman–Crippen LogP) is 5.79. The molecule has 30 heavy (non-hydrogen) atoms. The van der Waals surface area contributed by atoms with Gasteiger partial charge in [-0.15, -0.1) is 0 Å². The van der Waals surface area contributed by atoms with Crippen LogP contribution in [0.25, 0.3) is 5.57 Å². The summed E-state index contributed by atoms with van der Waals surface area (Å²) in [4.78, 5) is 14.7. The second-order valence-corrected chi connectivity index (χ2v) is 8.48. The van der Waals surface area contributed by atoms with Crippen LogP contribution >= 0.6 is 23.2 Å². The fourth-order valence-corrected chi connectivity index (χ4v) is 4.14. The molecule has 1 aliphatic rings. The Morgan fingerprint density at radius 1 is 1.23 bits per heavy atom. The molecule has 0 saturated heterocycles. The van der Waals surface area contributed by atoms with Crippen molar-refractivity contribution in [2.24, 2.45) is 5.10 Å². The molecule has 5 nitrogen and oxygen atoms in total. The Bertz CT molecular complexity index is 1040. The van der Waals surface area contributed by atoms with E-state index in [0.717, 1.165) is 23.4 Å². The first kappa shape index (κ1) is 22.2. The van der Waals surface area contributed by atoms with E-state index in [1.807, 2.05) is 12.1 Å². The molecule has 0 bridgehead atoms. The highest BCUT2D eigenvalue weighted by atomic mass is 35.5. The van der Waals surface area contributed by atoms with Crippen LogP contribution in [0.5, 0.6) is 5.75 Å². The average molecular weight is 446 g/mol. The molecule has 0 atom stereocenters. The third-order valence-electron chi connectivity index (χ3n) is 5.20. The van der Waals surface area contributed by atoms with Crippen LogP contribution in [-0.2, 0) is 0 Å². The van der Waals surface area contributed by atoms with Gasteiger partial charge in [0.1, 0.15) is 5.75 Å². The molecule has 2 aromatic rings. The fourth-order valence-electron chi connectivity index (χ4n) is 3.84. The van der Waals surface area contributed by atoms with Gasteiger partial charge in [-0.2, -0.15) is 5.10 Å². The van der Waals surface area contributed by atoms with E-state index in [9.17, 15) is 4.79 Å². The number of allylic oxidation sites excluding steroid dienone is 1. The maximum atomic E-state index is 12.3. The Kier molecular flexibility index (Phi) is 6.44. The highest BCUT2D eigenvalue weighted by Crippen LogP contribution is 2.41. The lowest BCUT2D eigenvalue weighted by atomic mass is 9.88. The van der Waals surface area contributed by atoms with Gasteiger partial charge in [-0.25, -0.2) is 5.43 Å². The van der Waals surface area contributed by atoms with Crippen molar-refractivity contribution >= 4 is 46.6 Å². The van der Waals surface area contributed by atoms with Gasteiger partial charge >= 0.3 is 0 Å². The number of amides is 1. The van der Waals surface area contributed by atoms with Crippen LogP contribution in [0.15, 0.2) is 41.5 Å². The number of likely N-dealkylation sites (N-methyl/N-ethyl adjacent to an activating group) is 1. The van der Waals surface area contributed by atoms with Crippen LogP contribution in [0.4, 0.5) is 5.69 Å². The van der Waals surface area contributed by atoms with Gasteiger partial charge in [0.2, 0.25) is 0 Å². The van der Waals surface area contributed by atoms with E-state index in [4.69, 9.17) is 27.9 Å². The number of methoxy groups -OCH3 is 1. The topological polar surface area (TPSA) is 53.9 Å². The molecular weight excluding hydrogens is 421 g/mol. The van der Waals surface area contributed by atoms with Crippen LogP contribution in [-0.4, -0.2) is 31.3 Å². The molecule has 3 rings (SSSR count). The minimum absolute atomic E-state index is 0.0831. The Balaban J connectivity index is 1.89. The molecule has 0 aromatic heterocycles. The molecule has 0 aliphatic carbocycles. The summed E-state index contributed by atoms with van der Waals surface area (Å²) in [6.07, 6.45) is 3.84. The molecule has 1 aliphatic heterocycles. The average Bonchev–Trinajstić information content (AvgIpc) is 2.69. The van der Waals surface area contributed by atoms with Gasteiger partial charge in [0, 0.05) is 35.0 Å². The van der Waals surface area contributed by atoms with Crippen molar-refractivity contribution in [2.45, 2.75) is 33.2 Å². The maximum Gasteiger partial charge on any atom is 0.271 e. The molecule has 1 amide bonds. The number of benzene rings is 2. The van der Waals surface area contributed by atoms with E-state index in [2.05, 4.69) is 49.2 Å². The van der Waals surface area contributed by atoms with Crippen molar-refractivity contribution < 1.29 is 9.53 Å². The number of hydrogen-bond acceptors (Lipinski definition) is 4. The summed E-state index contributed by atoms with van der Waals surface area (Å²) in [5, 5.41) is 4.81. The number of hydrazone groups is 1. The van der Waals surface area contributed by atoms with Crippen LogP contribution in [0.3, 0.4) is 0 Å². The zero-order chi connectivity index (χ0) is 22.1. The molecule has 1 heterocycles. The van der Waals surface area contributed by atoms with Crippen LogP contribution < -0.4 is 15.1 Å². The van der Waals surface area contributed by atoms with E-state index >= 15 is 0 Å². The van der Waals surface area contributed by atoms with Crippen molar-refractivity contribution in [3.8, 4) is 5.75 Å². The number of hydrogen-bond donors (Lipinski definition) is 1. The molecule has 0 fully saturated rings. The summed E-state index contributed by atoms with van der Waals surface area (Å²) in [7, 11) is 1.63. The highest BCUT2D eigenvalue weighted by Gasteiger charge is 2.31. The van der Waals surface area contributed by atoms with Crippen LogP contribution in [0.2, 0.25) is 10.0 Å². The minimum atomic E-state index is -0.378. The maximum absolute atomic E-state index is 12.3. The first-order valence-electron chi connectivity index (χ1n) is 9.66. The largest absolute Gasteiger partial charge is 0.496 e. The Hall–Kier alpha value is -2.50. The van der Waals surface area contributed by atoms with E-state index in [0.29, 0.717) is 21.4 Å². The summed E-state index contributed by atoms with van der Waals surface area (Å²) < 4.78 is 5.60. The zero-order valence-electron chi connectivity index (χ0n) is 17.7. The number of carbonyl (C=O) groups excluding carboxylic acids is 1. The molecule has 0 radical (unpaired) electrons. The van der Waals surface area contributed by atoms with Crippen molar-refractivity contribution in [3.63, 3.8) is 0 Å². The number of nitrogens with zero attached hydrogens (tertiary/aromatic N) is 2. The number of halogens is 2. The third kappa shape index (κ3) is 4.32. The molecule has 0 unspecified atom stereocenters. The SMILES string of the molecule is CCN1c2cc(OC)c(/C=N\NC(=O)c3ccc(Cl)c(Cl)c3)cc2C(C)=CC1(C)C. The smallest absolute Gasteiger partial charge is 0.271 e. The first-order chi connectivity index (χ1) is 14.2. The summed E-state index contributed by atoms with van der Waals surface area (Å²) in [5.41, 5.74) is 7.01. The van der Waals surface area contributed by atoms with E-state index < -0.39 is 0 Å². The third-order valence-corrected chi connectivity index (χ3v) is 5.94. The van der Waals surface area contributed by atoms with Gasteiger partial charge in [-0.3, -0.25) is 4.79 Å².